The van der Waals surface area contributed by atoms with E-state index in [1.807, 2.05) is 12.1 Å². The molecule has 0 spiro atoms. The topological polar surface area (TPSA) is 38.0 Å². The summed E-state index contributed by atoms with van der Waals surface area (Å²) in [6, 6.07) is 5.36. The highest BCUT2D eigenvalue weighted by Gasteiger charge is 2.11. The van der Waals surface area contributed by atoms with Gasteiger partial charge < -0.3 is 0 Å². The van der Waals surface area contributed by atoms with E-state index in [4.69, 9.17) is 5.84 Å². The number of unbranched alkanes of at least 4 members (excludes halogenated alkanes) is 6. The van der Waals surface area contributed by atoms with Crippen LogP contribution in [0.15, 0.2) is 22.7 Å². The SMILES string of the molecule is CCCCCCCCCC(Cc1ccc(Br)cc1F)NN. The highest BCUT2D eigenvalue weighted by Crippen LogP contribution is 2.18. The van der Waals surface area contributed by atoms with Gasteiger partial charge in [-0.1, -0.05) is 73.9 Å². The molecule has 3 N–H and O–H groups in total. The molecule has 0 aliphatic carbocycles. The van der Waals surface area contributed by atoms with Gasteiger partial charge in [-0.25, -0.2) is 4.39 Å². The van der Waals surface area contributed by atoms with Crippen LogP contribution in [0.1, 0.15) is 63.9 Å². The standard InChI is InChI=1S/C17H28BrFN2/c1-2-3-4-5-6-7-8-9-16(21-20)12-14-10-11-15(18)13-17(14)19/h10-11,13,16,21H,2-9,12,20H2,1H3. The van der Waals surface area contributed by atoms with Crippen LogP contribution in [0.2, 0.25) is 0 Å². The second-order valence-corrected chi connectivity index (χ2v) is 6.63. The van der Waals surface area contributed by atoms with Crippen molar-refractivity contribution in [1.29, 1.82) is 0 Å². The van der Waals surface area contributed by atoms with Gasteiger partial charge in [-0.05, 0) is 30.5 Å². The third-order valence-electron chi connectivity index (χ3n) is 3.87. The summed E-state index contributed by atoms with van der Waals surface area (Å²) in [5.74, 6) is 5.44. The molecule has 1 unspecified atom stereocenters. The molecule has 4 heteroatoms. The highest BCUT2D eigenvalue weighted by atomic mass is 79.9. The minimum Gasteiger partial charge on any atom is -0.271 e. The summed E-state index contributed by atoms with van der Waals surface area (Å²) in [6.45, 7) is 2.23. The summed E-state index contributed by atoms with van der Waals surface area (Å²) in [5.41, 5.74) is 3.55. The van der Waals surface area contributed by atoms with Crippen LogP contribution in [-0.2, 0) is 6.42 Å². The maximum Gasteiger partial charge on any atom is 0.127 e. The van der Waals surface area contributed by atoms with E-state index < -0.39 is 0 Å². The average Bonchev–Trinajstić information content (AvgIpc) is 2.47. The van der Waals surface area contributed by atoms with Crippen LogP contribution < -0.4 is 11.3 Å². The van der Waals surface area contributed by atoms with E-state index >= 15 is 0 Å². The van der Waals surface area contributed by atoms with E-state index in [2.05, 4.69) is 28.3 Å². The molecule has 0 heterocycles. The highest BCUT2D eigenvalue weighted by molar-refractivity contribution is 9.10. The number of hydrogen-bond acceptors (Lipinski definition) is 2. The van der Waals surface area contributed by atoms with Crippen molar-refractivity contribution in [3.05, 3.63) is 34.1 Å². The van der Waals surface area contributed by atoms with Crippen molar-refractivity contribution in [2.75, 3.05) is 0 Å². The first kappa shape index (κ1) is 18.6. The monoisotopic (exact) mass is 358 g/mol. The second kappa shape index (κ2) is 11.2. The van der Waals surface area contributed by atoms with Crippen molar-refractivity contribution in [2.24, 2.45) is 5.84 Å². The number of halogens is 2. The second-order valence-electron chi connectivity index (χ2n) is 5.71. The van der Waals surface area contributed by atoms with Crippen LogP contribution in [0, 0.1) is 5.82 Å². The van der Waals surface area contributed by atoms with Gasteiger partial charge in [-0.2, -0.15) is 0 Å². The van der Waals surface area contributed by atoms with Crippen molar-refractivity contribution in [2.45, 2.75) is 70.8 Å². The Hall–Kier alpha value is -0.450. The molecule has 0 fully saturated rings. The van der Waals surface area contributed by atoms with E-state index in [0.717, 1.165) is 22.9 Å². The number of hydrogen-bond donors (Lipinski definition) is 2. The van der Waals surface area contributed by atoms with Crippen LogP contribution >= 0.6 is 15.9 Å². The van der Waals surface area contributed by atoms with Crippen molar-refractivity contribution < 1.29 is 4.39 Å². The molecule has 0 saturated heterocycles. The maximum absolute atomic E-state index is 13.8. The Morgan fingerprint density at radius 2 is 1.81 bits per heavy atom. The van der Waals surface area contributed by atoms with Crippen LogP contribution in [0.3, 0.4) is 0 Å². The summed E-state index contributed by atoms with van der Waals surface area (Å²) in [4.78, 5) is 0. The van der Waals surface area contributed by atoms with Gasteiger partial charge >= 0.3 is 0 Å². The normalized spacial score (nSPS) is 12.6. The third kappa shape index (κ3) is 7.93. The minimum atomic E-state index is -0.163. The fourth-order valence-corrected chi connectivity index (χ4v) is 2.88. The lowest BCUT2D eigenvalue weighted by atomic mass is 9.99. The quantitative estimate of drug-likeness (QED) is 0.328. The first-order chi connectivity index (χ1) is 10.2. The van der Waals surface area contributed by atoms with Crippen molar-refractivity contribution in [3.63, 3.8) is 0 Å². The number of nitrogens with one attached hydrogen (secondary N) is 1. The summed E-state index contributed by atoms with van der Waals surface area (Å²) in [6.07, 6.45) is 10.6. The molecule has 0 radical (unpaired) electrons. The van der Waals surface area contributed by atoms with Crippen LogP contribution in [-0.4, -0.2) is 6.04 Å². The fraction of sp³-hybridized carbons (Fsp3) is 0.647. The van der Waals surface area contributed by atoms with Crippen molar-refractivity contribution in [1.82, 2.24) is 5.43 Å². The Morgan fingerprint density at radius 1 is 1.14 bits per heavy atom. The predicted octanol–water partition coefficient (Wildman–Crippen LogP) is 5.10. The summed E-state index contributed by atoms with van der Waals surface area (Å²) in [7, 11) is 0. The van der Waals surface area contributed by atoms with Gasteiger partial charge in [0.05, 0.1) is 0 Å². The lowest BCUT2D eigenvalue weighted by molar-refractivity contribution is 0.451. The van der Waals surface area contributed by atoms with Gasteiger partial charge in [-0.15, -0.1) is 0 Å². The predicted molar refractivity (Wildman–Crippen MR) is 91.5 cm³/mol. The fourth-order valence-electron chi connectivity index (χ4n) is 2.54. The Morgan fingerprint density at radius 3 is 2.43 bits per heavy atom. The number of nitrogens with two attached hydrogens (primary N) is 1. The molecule has 0 amide bonds. The first-order valence-corrected chi connectivity index (χ1v) is 8.86. The number of hydrazine groups is 1. The third-order valence-corrected chi connectivity index (χ3v) is 4.37. The Kier molecular flexibility index (Phi) is 9.89. The molecular weight excluding hydrogens is 331 g/mol. The van der Waals surface area contributed by atoms with E-state index in [-0.39, 0.29) is 11.9 Å². The largest absolute Gasteiger partial charge is 0.271 e. The van der Waals surface area contributed by atoms with Gasteiger partial charge in [0, 0.05) is 10.5 Å². The molecule has 21 heavy (non-hydrogen) atoms. The molecule has 1 atom stereocenters. The van der Waals surface area contributed by atoms with Crippen molar-refractivity contribution in [3.8, 4) is 0 Å². The molecule has 120 valence electrons. The van der Waals surface area contributed by atoms with Crippen LogP contribution in [0.4, 0.5) is 4.39 Å². The molecule has 1 aromatic rings. The van der Waals surface area contributed by atoms with Crippen LogP contribution in [0.5, 0.6) is 0 Å². The number of benzene rings is 1. The smallest absolute Gasteiger partial charge is 0.127 e. The molecule has 0 aliphatic heterocycles. The summed E-state index contributed by atoms with van der Waals surface area (Å²) < 4.78 is 14.6. The molecule has 0 aromatic heterocycles. The first-order valence-electron chi connectivity index (χ1n) is 8.07. The number of rotatable bonds is 11. The van der Waals surface area contributed by atoms with Crippen molar-refractivity contribution >= 4 is 15.9 Å². The zero-order valence-electron chi connectivity index (χ0n) is 13.0. The molecule has 1 aromatic carbocycles. The van der Waals surface area contributed by atoms with E-state index in [0.29, 0.717) is 6.42 Å². The zero-order chi connectivity index (χ0) is 15.5. The van der Waals surface area contributed by atoms with Gasteiger partial charge in [-0.3, -0.25) is 11.3 Å². The Labute approximate surface area is 136 Å². The average molecular weight is 359 g/mol. The zero-order valence-corrected chi connectivity index (χ0v) is 14.6. The van der Waals surface area contributed by atoms with Crippen LogP contribution in [0.25, 0.3) is 0 Å². The minimum absolute atomic E-state index is 0.149. The molecule has 2 nitrogen and oxygen atoms in total. The van der Waals surface area contributed by atoms with Gasteiger partial charge in [0.25, 0.3) is 0 Å². The molecular formula is C17H28BrFN2. The molecule has 0 aliphatic rings. The van der Waals surface area contributed by atoms with Gasteiger partial charge in [0.15, 0.2) is 0 Å². The summed E-state index contributed by atoms with van der Waals surface area (Å²) in [5, 5.41) is 0. The van der Waals surface area contributed by atoms with E-state index in [1.54, 1.807) is 0 Å². The van der Waals surface area contributed by atoms with E-state index in [1.165, 1.54) is 44.6 Å². The van der Waals surface area contributed by atoms with Gasteiger partial charge in [0.1, 0.15) is 5.82 Å². The molecule has 0 saturated carbocycles. The van der Waals surface area contributed by atoms with Gasteiger partial charge in [0.2, 0.25) is 0 Å². The lowest BCUT2D eigenvalue weighted by Gasteiger charge is -2.16. The Bertz CT molecular complexity index is 398. The molecule has 0 bridgehead atoms. The summed E-state index contributed by atoms with van der Waals surface area (Å²) >= 11 is 3.28. The lowest BCUT2D eigenvalue weighted by Crippen LogP contribution is -2.36. The maximum atomic E-state index is 13.8. The van der Waals surface area contributed by atoms with E-state index in [9.17, 15) is 4.39 Å². The Balaban J connectivity index is 2.25. The molecule has 1 rings (SSSR count).